The van der Waals surface area contributed by atoms with Gasteiger partial charge in [0.1, 0.15) is 5.60 Å². The van der Waals surface area contributed by atoms with Crippen LogP contribution >= 0.6 is 12.6 Å². The van der Waals surface area contributed by atoms with E-state index < -0.39 is 22.5 Å². The number of hydrogen-bond acceptors (Lipinski definition) is 4. The van der Waals surface area contributed by atoms with Crippen molar-refractivity contribution in [2.75, 3.05) is 0 Å². The number of ether oxygens (including phenoxy) is 1. The fraction of sp³-hybridized carbons (Fsp3) is 0.857. The Morgan fingerprint density at radius 2 is 1.90 bits per heavy atom. The van der Waals surface area contributed by atoms with Crippen LogP contribution in [0, 0.1) is 5.92 Å². The third kappa shape index (κ3) is 2.75. The number of likely N-dealkylation sites (tertiary alicyclic amines) is 1. The third-order valence-corrected chi connectivity index (χ3v) is 4.67. The number of nitrogens with zero attached hydrogens (tertiary/aromatic N) is 1. The van der Waals surface area contributed by atoms with Crippen molar-refractivity contribution in [3.8, 4) is 0 Å². The Balaban J connectivity index is 2.29. The van der Waals surface area contributed by atoms with Gasteiger partial charge in [0.15, 0.2) is 4.87 Å². The number of aliphatic carboxylic acids is 1. The Kier molecular flexibility index (Phi) is 3.97. The second kappa shape index (κ2) is 5.13. The van der Waals surface area contributed by atoms with E-state index in [1.54, 1.807) is 20.8 Å². The van der Waals surface area contributed by atoms with Gasteiger partial charge in [-0.25, -0.2) is 9.59 Å². The van der Waals surface area contributed by atoms with E-state index >= 15 is 0 Å². The maximum Gasteiger partial charge on any atom is 0.412 e. The summed E-state index contributed by atoms with van der Waals surface area (Å²) in [4.78, 5) is 24.0. The molecule has 114 valence electrons. The number of rotatable bonds is 1. The summed E-state index contributed by atoms with van der Waals surface area (Å²) in [5.74, 6) is -0.856. The molecule has 5 nitrogen and oxygen atoms in total. The van der Waals surface area contributed by atoms with Crippen LogP contribution in [0.25, 0.3) is 0 Å². The van der Waals surface area contributed by atoms with Crippen molar-refractivity contribution in [2.24, 2.45) is 5.92 Å². The highest BCUT2D eigenvalue weighted by Gasteiger charge is 2.57. The summed E-state index contributed by atoms with van der Waals surface area (Å²) in [6.07, 6.45) is 3.73. The maximum atomic E-state index is 12.4. The zero-order valence-electron chi connectivity index (χ0n) is 12.3. The fourth-order valence-corrected chi connectivity index (χ4v) is 3.76. The topological polar surface area (TPSA) is 66.8 Å². The van der Waals surface area contributed by atoms with E-state index in [0.29, 0.717) is 6.42 Å². The predicted molar refractivity (Wildman–Crippen MR) is 77.8 cm³/mol. The molecule has 1 saturated carbocycles. The standard InChI is InChI=1S/C14H23NO4S/c1-13(2,3)19-12(18)15-10-7-5-4-6-9(10)8-14(15,20)11(16)17/h9-10,20H,4-8H2,1-3H3,(H,16,17). The van der Waals surface area contributed by atoms with Crippen LogP contribution in [0.4, 0.5) is 4.79 Å². The van der Waals surface area contributed by atoms with Crippen LogP contribution in [-0.2, 0) is 9.53 Å². The van der Waals surface area contributed by atoms with Crippen molar-refractivity contribution in [3.05, 3.63) is 0 Å². The van der Waals surface area contributed by atoms with Gasteiger partial charge in [0.05, 0.1) is 0 Å². The quantitative estimate of drug-likeness (QED) is 0.731. The lowest BCUT2D eigenvalue weighted by atomic mass is 9.85. The molecule has 1 heterocycles. The molecule has 2 aliphatic rings. The Morgan fingerprint density at radius 3 is 2.45 bits per heavy atom. The van der Waals surface area contributed by atoms with Crippen molar-refractivity contribution in [1.29, 1.82) is 0 Å². The second-order valence-electron chi connectivity index (χ2n) is 6.79. The number of carbonyl (C=O) groups is 2. The molecule has 0 aromatic heterocycles. The smallest absolute Gasteiger partial charge is 0.412 e. The molecule has 1 saturated heterocycles. The maximum absolute atomic E-state index is 12.4. The highest BCUT2D eigenvalue weighted by atomic mass is 32.1. The Labute approximate surface area is 125 Å². The van der Waals surface area contributed by atoms with Crippen molar-refractivity contribution >= 4 is 24.7 Å². The van der Waals surface area contributed by atoms with Gasteiger partial charge in [-0.1, -0.05) is 12.8 Å². The van der Waals surface area contributed by atoms with Crippen molar-refractivity contribution in [3.63, 3.8) is 0 Å². The lowest BCUT2D eigenvalue weighted by Crippen LogP contribution is -2.53. The molecule has 3 unspecified atom stereocenters. The second-order valence-corrected chi connectivity index (χ2v) is 7.53. The molecule has 1 aliphatic carbocycles. The van der Waals surface area contributed by atoms with Gasteiger partial charge >= 0.3 is 12.1 Å². The monoisotopic (exact) mass is 301 g/mol. The number of amides is 1. The van der Waals surface area contributed by atoms with Gasteiger partial charge in [0, 0.05) is 6.04 Å². The van der Waals surface area contributed by atoms with Crippen molar-refractivity contribution in [2.45, 2.75) is 69.4 Å². The zero-order valence-corrected chi connectivity index (χ0v) is 13.2. The first-order valence-corrected chi connectivity index (χ1v) is 7.58. The van der Waals surface area contributed by atoms with Crippen LogP contribution in [0.3, 0.4) is 0 Å². The minimum Gasteiger partial charge on any atom is -0.479 e. The molecule has 0 aromatic rings. The highest BCUT2D eigenvalue weighted by molar-refractivity contribution is 7.82. The van der Waals surface area contributed by atoms with Crippen LogP contribution in [0.2, 0.25) is 0 Å². The predicted octanol–water partition coefficient (Wildman–Crippen LogP) is 2.90. The fourth-order valence-electron chi connectivity index (χ4n) is 3.29. The first-order valence-electron chi connectivity index (χ1n) is 7.13. The van der Waals surface area contributed by atoms with E-state index in [-0.39, 0.29) is 12.0 Å². The van der Waals surface area contributed by atoms with Crippen LogP contribution < -0.4 is 0 Å². The van der Waals surface area contributed by atoms with Gasteiger partial charge in [0.2, 0.25) is 0 Å². The summed E-state index contributed by atoms with van der Waals surface area (Å²) in [6, 6.07) is -0.0628. The number of thiol groups is 1. The molecule has 1 N–H and O–H groups in total. The van der Waals surface area contributed by atoms with Gasteiger partial charge in [0.25, 0.3) is 0 Å². The molecule has 6 heteroatoms. The van der Waals surface area contributed by atoms with Crippen molar-refractivity contribution < 1.29 is 19.4 Å². The molecule has 0 radical (unpaired) electrons. The summed E-state index contributed by atoms with van der Waals surface area (Å²) < 4.78 is 5.39. The number of hydrogen-bond donors (Lipinski definition) is 2. The summed E-state index contributed by atoms with van der Waals surface area (Å²) in [6.45, 7) is 5.33. The average molecular weight is 301 g/mol. The molecular formula is C14H23NO4S. The van der Waals surface area contributed by atoms with E-state index in [1.165, 1.54) is 4.90 Å². The summed E-state index contributed by atoms with van der Waals surface area (Å²) >= 11 is 4.34. The van der Waals surface area contributed by atoms with E-state index in [4.69, 9.17) is 4.74 Å². The van der Waals surface area contributed by atoms with Crippen molar-refractivity contribution in [1.82, 2.24) is 4.90 Å². The molecule has 1 amide bonds. The van der Waals surface area contributed by atoms with Crippen LogP contribution in [-0.4, -0.2) is 38.6 Å². The molecule has 0 spiro atoms. The Morgan fingerprint density at radius 1 is 1.30 bits per heavy atom. The molecule has 2 fully saturated rings. The minimum absolute atomic E-state index is 0.0628. The number of carboxylic acids is 1. The molecule has 0 aromatic carbocycles. The first-order chi connectivity index (χ1) is 9.15. The minimum atomic E-state index is -1.44. The zero-order chi connectivity index (χ0) is 15.1. The van der Waals surface area contributed by atoms with Gasteiger partial charge in [-0.05, 0) is 46.0 Å². The van der Waals surface area contributed by atoms with Gasteiger partial charge < -0.3 is 9.84 Å². The average Bonchev–Trinajstić information content (AvgIpc) is 2.60. The van der Waals surface area contributed by atoms with Gasteiger partial charge in [-0.2, -0.15) is 0 Å². The summed E-state index contributed by atoms with van der Waals surface area (Å²) in [5, 5.41) is 9.51. The van der Waals surface area contributed by atoms with E-state index in [9.17, 15) is 14.7 Å². The lowest BCUT2D eigenvalue weighted by Gasteiger charge is -2.37. The lowest BCUT2D eigenvalue weighted by molar-refractivity contribution is -0.144. The molecule has 20 heavy (non-hydrogen) atoms. The van der Waals surface area contributed by atoms with Gasteiger partial charge in [-0.15, -0.1) is 12.6 Å². The molecule has 2 rings (SSSR count). The molecule has 3 atom stereocenters. The van der Waals surface area contributed by atoms with E-state index in [0.717, 1.165) is 25.7 Å². The Bertz CT molecular complexity index is 420. The number of fused-ring (bicyclic) bond motifs is 1. The third-order valence-electron chi connectivity index (χ3n) is 4.08. The van der Waals surface area contributed by atoms with Crippen LogP contribution in [0.1, 0.15) is 52.9 Å². The molecule has 1 aliphatic heterocycles. The SMILES string of the molecule is CC(C)(C)OC(=O)N1C2CCCCC2CC1(S)C(=O)O. The molecular weight excluding hydrogens is 278 g/mol. The summed E-state index contributed by atoms with van der Waals surface area (Å²) in [7, 11) is 0. The van der Waals surface area contributed by atoms with E-state index in [2.05, 4.69) is 12.6 Å². The van der Waals surface area contributed by atoms with Gasteiger partial charge in [-0.3, -0.25) is 4.90 Å². The normalized spacial score (nSPS) is 33.7. The molecule has 0 bridgehead atoms. The Hall–Kier alpha value is -0.910. The van der Waals surface area contributed by atoms with E-state index in [1.807, 2.05) is 0 Å². The highest BCUT2D eigenvalue weighted by Crippen LogP contribution is 2.47. The first kappa shape index (κ1) is 15.5. The summed E-state index contributed by atoms with van der Waals surface area (Å²) in [5.41, 5.74) is -0.642. The number of carboxylic acid groups (broad SMARTS) is 1. The largest absolute Gasteiger partial charge is 0.479 e. The van der Waals surface area contributed by atoms with Crippen LogP contribution in [0.15, 0.2) is 0 Å². The van der Waals surface area contributed by atoms with Crippen LogP contribution in [0.5, 0.6) is 0 Å². The number of carbonyl (C=O) groups excluding carboxylic acids is 1.